The number of alkyl halides is 2. The number of aliphatic carboxylic acids is 1. The van der Waals surface area contributed by atoms with Crippen LogP contribution in [0.1, 0.15) is 34.6 Å². The van der Waals surface area contributed by atoms with Gasteiger partial charge in [0.1, 0.15) is 11.6 Å². The number of allylic oxidation sites excluding steroid dienone is 2. The lowest BCUT2D eigenvalue weighted by molar-refractivity contribution is -0.146. The number of halogens is 3. The van der Waals surface area contributed by atoms with E-state index in [2.05, 4.69) is 20.9 Å². The lowest BCUT2D eigenvalue weighted by Gasteiger charge is -2.24. The first kappa shape index (κ1) is 19.5. The molecule has 6 nitrogen and oxygen atoms in total. The topological polar surface area (TPSA) is 101 Å². The second-order valence-electron chi connectivity index (χ2n) is 6.58. The van der Waals surface area contributed by atoms with Gasteiger partial charge in [0, 0.05) is 15.7 Å². The maximum Gasteiger partial charge on any atom is 0.307 e. The summed E-state index contributed by atoms with van der Waals surface area (Å²) in [6.07, 6.45) is -1.51. The molecule has 0 radical (unpaired) electrons. The Morgan fingerprint density at radius 3 is 2.48 bits per heavy atom. The van der Waals surface area contributed by atoms with Crippen LogP contribution in [0.15, 0.2) is 22.7 Å². The molecule has 1 saturated carbocycles. The Kier molecular flexibility index (Phi) is 5.07. The van der Waals surface area contributed by atoms with Crippen LogP contribution in [0.5, 0.6) is 0 Å². The first-order valence-corrected chi connectivity index (χ1v) is 8.90. The summed E-state index contributed by atoms with van der Waals surface area (Å²) < 4.78 is 25.9. The maximum atomic E-state index is 12.9. The molecule has 2 bridgehead atoms. The average Bonchev–Trinajstić information content (AvgIpc) is 2.75. The Balaban J connectivity index is 2.02. The molecule has 3 aliphatic carbocycles. The first-order valence-electron chi connectivity index (χ1n) is 8.10. The number of hydrogen-bond acceptors (Lipinski definition) is 5. The highest BCUT2D eigenvalue weighted by molar-refractivity contribution is 9.11. The minimum atomic E-state index is -2.82. The number of carboxylic acids is 1. The number of nitrogens with zero attached hydrogens (tertiary/aromatic N) is 1. The predicted molar refractivity (Wildman–Crippen MR) is 91.5 cm³/mol. The van der Waals surface area contributed by atoms with E-state index in [0.717, 1.165) is 12.1 Å². The van der Waals surface area contributed by atoms with E-state index in [-0.39, 0.29) is 17.7 Å². The second-order valence-corrected chi connectivity index (χ2v) is 7.50. The van der Waals surface area contributed by atoms with Gasteiger partial charge in [-0.1, -0.05) is 22.0 Å². The Morgan fingerprint density at radius 2 is 1.93 bits per heavy atom. The number of hydrogen-bond donors (Lipinski definition) is 1. The molecule has 4 rings (SSSR count). The molecule has 1 fully saturated rings. The number of ketones is 3. The van der Waals surface area contributed by atoms with Gasteiger partial charge < -0.3 is 5.11 Å². The van der Waals surface area contributed by atoms with Crippen LogP contribution in [-0.2, 0) is 14.4 Å². The lowest BCUT2D eigenvalue weighted by Crippen LogP contribution is -2.36. The number of rotatable bonds is 4. The van der Waals surface area contributed by atoms with Crippen LogP contribution in [-0.4, -0.2) is 33.4 Å². The Hall–Kier alpha value is -2.29. The van der Waals surface area contributed by atoms with Crippen LogP contribution in [0.2, 0.25) is 0 Å². The molecule has 1 N–H and O–H groups in total. The molecule has 1 heterocycles. The van der Waals surface area contributed by atoms with E-state index in [0.29, 0.717) is 4.48 Å². The van der Waals surface area contributed by atoms with Crippen LogP contribution < -0.4 is 0 Å². The lowest BCUT2D eigenvalue weighted by atomic mass is 9.79. The van der Waals surface area contributed by atoms with E-state index in [1.165, 1.54) is 13.0 Å². The standard InChI is InChI=1S/C18H14BrF2NO5/c1-6-7(2-3-12(22-6)17(20)21)14(23)13-15(24)8-5-11(19)10(16(13)25)4-9(8)18(26)27/h2-3,5,8-10,13,17H,4H2,1H3,(H,26,27). The van der Waals surface area contributed by atoms with Gasteiger partial charge in [-0.15, -0.1) is 0 Å². The monoisotopic (exact) mass is 441 g/mol. The second kappa shape index (κ2) is 7.03. The van der Waals surface area contributed by atoms with E-state index in [1.807, 2.05) is 0 Å². The van der Waals surface area contributed by atoms with E-state index in [9.17, 15) is 33.1 Å². The molecule has 3 aliphatic rings. The Bertz CT molecular complexity index is 898. The molecular weight excluding hydrogens is 428 g/mol. The fourth-order valence-corrected chi connectivity index (χ4v) is 4.31. The first-order chi connectivity index (χ1) is 12.6. The number of aryl methyl sites for hydroxylation is 1. The third-order valence-corrected chi connectivity index (χ3v) is 5.83. The van der Waals surface area contributed by atoms with Crippen molar-refractivity contribution in [1.82, 2.24) is 4.98 Å². The van der Waals surface area contributed by atoms with Crippen molar-refractivity contribution >= 4 is 39.2 Å². The van der Waals surface area contributed by atoms with Crippen molar-refractivity contribution < 1.29 is 33.1 Å². The van der Waals surface area contributed by atoms with E-state index in [4.69, 9.17) is 0 Å². The smallest absolute Gasteiger partial charge is 0.307 e. The molecule has 0 saturated heterocycles. The largest absolute Gasteiger partial charge is 0.481 e. The van der Waals surface area contributed by atoms with Crippen molar-refractivity contribution in [2.75, 3.05) is 0 Å². The summed E-state index contributed by atoms with van der Waals surface area (Å²) in [5, 5.41) is 9.37. The van der Waals surface area contributed by atoms with Gasteiger partial charge in [0.2, 0.25) is 0 Å². The van der Waals surface area contributed by atoms with Gasteiger partial charge in [-0.2, -0.15) is 0 Å². The van der Waals surface area contributed by atoms with Crippen molar-refractivity contribution in [2.45, 2.75) is 19.8 Å². The minimum absolute atomic E-state index is 0.0168. The van der Waals surface area contributed by atoms with Crippen LogP contribution in [0.25, 0.3) is 0 Å². The van der Waals surface area contributed by atoms with Crippen molar-refractivity contribution in [3.05, 3.63) is 39.6 Å². The minimum Gasteiger partial charge on any atom is -0.481 e. The van der Waals surface area contributed by atoms with Crippen LogP contribution in [0.4, 0.5) is 8.78 Å². The van der Waals surface area contributed by atoms with Gasteiger partial charge in [0.05, 0.1) is 17.8 Å². The molecule has 0 aliphatic heterocycles. The van der Waals surface area contributed by atoms with Gasteiger partial charge >= 0.3 is 5.97 Å². The molecule has 1 aromatic rings. The normalized spacial score (nSPS) is 27.5. The van der Waals surface area contributed by atoms with E-state index in [1.54, 1.807) is 0 Å². The van der Waals surface area contributed by atoms with Crippen LogP contribution >= 0.6 is 15.9 Å². The zero-order chi connectivity index (χ0) is 20.0. The average molecular weight is 442 g/mol. The number of fused-ring (bicyclic) bond motifs is 3. The third-order valence-electron chi connectivity index (χ3n) is 5.01. The summed E-state index contributed by atoms with van der Waals surface area (Å²) >= 11 is 3.20. The molecule has 0 spiro atoms. The highest BCUT2D eigenvalue weighted by Crippen LogP contribution is 2.44. The molecule has 4 unspecified atom stereocenters. The van der Waals surface area contributed by atoms with Crippen molar-refractivity contribution in [3.8, 4) is 0 Å². The van der Waals surface area contributed by atoms with Gasteiger partial charge in [0.25, 0.3) is 6.43 Å². The number of carbonyl (C=O) groups excluding carboxylic acids is 3. The number of pyridine rings is 1. The molecule has 0 amide bonds. The van der Waals surface area contributed by atoms with Gasteiger partial charge in [-0.05, 0) is 25.5 Å². The Labute approximate surface area is 160 Å². The number of Topliss-reactive ketones (excluding diaryl/α,β-unsaturated/α-hetero) is 3. The van der Waals surface area contributed by atoms with Gasteiger partial charge in [-0.25, -0.2) is 8.78 Å². The summed E-state index contributed by atoms with van der Waals surface area (Å²) in [6.45, 7) is 1.34. The zero-order valence-electron chi connectivity index (χ0n) is 14.0. The van der Waals surface area contributed by atoms with Gasteiger partial charge in [-0.3, -0.25) is 24.2 Å². The highest BCUT2D eigenvalue weighted by Gasteiger charge is 2.52. The van der Waals surface area contributed by atoms with E-state index >= 15 is 0 Å². The molecular formula is C18H14BrF2NO5. The maximum absolute atomic E-state index is 12.9. The summed E-state index contributed by atoms with van der Waals surface area (Å²) in [5.74, 6) is -8.30. The summed E-state index contributed by atoms with van der Waals surface area (Å²) in [5.41, 5.74) is -0.634. The number of aromatic nitrogens is 1. The summed E-state index contributed by atoms with van der Waals surface area (Å²) in [6, 6.07) is 2.09. The summed E-state index contributed by atoms with van der Waals surface area (Å²) in [7, 11) is 0. The highest BCUT2D eigenvalue weighted by atomic mass is 79.9. The fraction of sp³-hybridized carbons (Fsp3) is 0.389. The molecule has 0 aromatic carbocycles. The SMILES string of the molecule is Cc1nc(C(F)F)ccc1C(=O)C1C(=O)C2CC(C(=O)O)C(C=C2Br)C1=O. The zero-order valence-corrected chi connectivity index (χ0v) is 15.6. The Morgan fingerprint density at radius 1 is 1.26 bits per heavy atom. The molecule has 142 valence electrons. The van der Waals surface area contributed by atoms with Crippen LogP contribution in [0.3, 0.4) is 0 Å². The van der Waals surface area contributed by atoms with Crippen LogP contribution in [0, 0.1) is 30.6 Å². The molecule has 1 aromatic heterocycles. The molecule has 4 atom stereocenters. The molecule has 9 heteroatoms. The van der Waals surface area contributed by atoms with E-state index < -0.39 is 59.1 Å². The number of carbonyl (C=O) groups is 4. The quantitative estimate of drug-likeness (QED) is 0.569. The van der Waals surface area contributed by atoms with Crippen molar-refractivity contribution in [3.63, 3.8) is 0 Å². The summed E-state index contributed by atoms with van der Waals surface area (Å²) in [4.78, 5) is 53.8. The molecule has 27 heavy (non-hydrogen) atoms. The van der Waals surface area contributed by atoms with Crippen molar-refractivity contribution in [2.24, 2.45) is 23.7 Å². The fourth-order valence-electron chi connectivity index (χ4n) is 3.61. The van der Waals surface area contributed by atoms with Crippen molar-refractivity contribution in [1.29, 1.82) is 0 Å². The predicted octanol–water partition coefficient (Wildman–Crippen LogP) is 2.89. The third kappa shape index (κ3) is 3.24. The number of carboxylic acid groups (broad SMARTS) is 1. The van der Waals surface area contributed by atoms with Gasteiger partial charge in [0.15, 0.2) is 17.3 Å².